The lowest BCUT2D eigenvalue weighted by Gasteiger charge is -2.19. The zero-order valence-corrected chi connectivity index (χ0v) is 19.8. The lowest BCUT2D eigenvalue weighted by Crippen LogP contribution is -2.17. The Morgan fingerprint density at radius 2 is 1.85 bits per heavy atom. The molecule has 2 N–H and O–H groups in total. The second-order valence-electron chi connectivity index (χ2n) is 8.80. The molecule has 1 aliphatic carbocycles. The first-order valence-electron chi connectivity index (χ1n) is 11.2. The van der Waals surface area contributed by atoms with Crippen LogP contribution in [0.1, 0.15) is 66.3 Å². The summed E-state index contributed by atoms with van der Waals surface area (Å²) in [5, 5.41) is 22.8. The van der Waals surface area contributed by atoms with E-state index in [-0.39, 0.29) is 22.8 Å². The highest BCUT2D eigenvalue weighted by molar-refractivity contribution is 5.96. The minimum Gasteiger partial charge on any atom is -0.507 e. The fourth-order valence-electron chi connectivity index (χ4n) is 4.54. The van der Waals surface area contributed by atoms with Crippen molar-refractivity contribution in [2.75, 3.05) is 0 Å². The van der Waals surface area contributed by atoms with E-state index in [0.29, 0.717) is 0 Å². The van der Waals surface area contributed by atoms with Gasteiger partial charge in [0.2, 0.25) is 0 Å². The summed E-state index contributed by atoms with van der Waals surface area (Å²) in [5.41, 5.74) is 12.9. The van der Waals surface area contributed by atoms with Crippen LogP contribution in [-0.2, 0) is 6.42 Å². The molecular formula is C29H27N3O2. The van der Waals surface area contributed by atoms with Gasteiger partial charge in [0.25, 0.3) is 5.91 Å². The SMILES string of the molecule is Cc1cc(C)c(C)c(CC2C=Cc3c(C=NNC(=O)c4ccc(O)c(C#N)c4)cccc32)c1C. The molecule has 0 saturated carbocycles. The van der Waals surface area contributed by atoms with Crippen molar-refractivity contribution in [2.24, 2.45) is 5.10 Å². The van der Waals surface area contributed by atoms with Gasteiger partial charge in [0.05, 0.1) is 11.8 Å². The molecule has 0 saturated heterocycles. The van der Waals surface area contributed by atoms with E-state index in [1.807, 2.05) is 18.2 Å². The molecule has 34 heavy (non-hydrogen) atoms. The maximum absolute atomic E-state index is 12.4. The van der Waals surface area contributed by atoms with Crippen LogP contribution in [0.4, 0.5) is 0 Å². The molecule has 0 spiro atoms. The fourth-order valence-corrected chi connectivity index (χ4v) is 4.54. The van der Waals surface area contributed by atoms with Crippen molar-refractivity contribution in [1.82, 2.24) is 5.43 Å². The maximum atomic E-state index is 12.4. The zero-order chi connectivity index (χ0) is 24.4. The van der Waals surface area contributed by atoms with Crippen LogP contribution in [0, 0.1) is 39.0 Å². The number of aryl methyl sites for hydroxylation is 2. The third-order valence-electron chi connectivity index (χ3n) is 6.76. The molecule has 1 unspecified atom stereocenters. The van der Waals surface area contributed by atoms with Crippen LogP contribution < -0.4 is 5.43 Å². The predicted molar refractivity (Wildman–Crippen MR) is 135 cm³/mol. The van der Waals surface area contributed by atoms with Crippen molar-refractivity contribution in [1.29, 1.82) is 5.26 Å². The van der Waals surface area contributed by atoms with Gasteiger partial charge in [-0.3, -0.25) is 4.79 Å². The second-order valence-corrected chi connectivity index (χ2v) is 8.80. The Morgan fingerprint density at radius 1 is 1.12 bits per heavy atom. The van der Waals surface area contributed by atoms with Crippen LogP contribution in [0.5, 0.6) is 5.75 Å². The number of rotatable bonds is 5. The summed E-state index contributed by atoms with van der Waals surface area (Å²) in [7, 11) is 0. The molecule has 0 radical (unpaired) electrons. The largest absolute Gasteiger partial charge is 0.507 e. The number of phenols is 1. The number of hydrogen-bond donors (Lipinski definition) is 2. The smallest absolute Gasteiger partial charge is 0.271 e. The highest BCUT2D eigenvalue weighted by atomic mass is 16.3. The number of carbonyl (C=O) groups excluding carboxylic acids is 1. The van der Waals surface area contributed by atoms with Gasteiger partial charge in [0.15, 0.2) is 0 Å². The summed E-state index contributed by atoms with van der Waals surface area (Å²) in [4.78, 5) is 12.4. The van der Waals surface area contributed by atoms with Gasteiger partial charge in [0.1, 0.15) is 11.8 Å². The summed E-state index contributed by atoms with van der Waals surface area (Å²) < 4.78 is 0. The topological polar surface area (TPSA) is 85.5 Å². The molecule has 0 heterocycles. The molecule has 1 aliphatic rings. The number of hydrazone groups is 1. The Labute approximate surface area is 200 Å². The van der Waals surface area contributed by atoms with E-state index < -0.39 is 5.91 Å². The Kier molecular flexibility index (Phi) is 6.34. The van der Waals surface area contributed by atoms with Crippen molar-refractivity contribution in [2.45, 2.75) is 40.0 Å². The van der Waals surface area contributed by atoms with Gasteiger partial charge < -0.3 is 5.11 Å². The first-order chi connectivity index (χ1) is 16.3. The summed E-state index contributed by atoms with van der Waals surface area (Å²) in [6.45, 7) is 8.75. The summed E-state index contributed by atoms with van der Waals surface area (Å²) in [5.74, 6) is -0.317. The first-order valence-corrected chi connectivity index (χ1v) is 11.2. The zero-order valence-electron chi connectivity index (χ0n) is 19.8. The van der Waals surface area contributed by atoms with Crippen LogP contribution in [0.15, 0.2) is 53.6 Å². The molecule has 0 aromatic heterocycles. The number of amides is 1. The van der Waals surface area contributed by atoms with E-state index in [2.05, 4.69) is 62.5 Å². The standard InChI is InChI=1S/C29H27N3O2/c1-17-12-18(2)20(4)27(19(17)3)14-21-8-10-26-23(6-5-7-25(21)26)16-31-32-29(34)22-9-11-28(33)24(13-22)15-30/h5-13,16,21,33H,14H2,1-4H3,(H,32,34). The first kappa shape index (κ1) is 23.0. The number of nitrogens with one attached hydrogen (secondary N) is 1. The van der Waals surface area contributed by atoms with Crippen LogP contribution >= 0.6 is 0 Å². The third-order valence-corrected chi connectivity index (χ3v) is 6.76. The van der Waals surface area contributed by atoms with Crippen molar-refractivity contribution in [3.05, 3.63) is 104 Å². The molecular weight excluding hydrogens is 422 g/mol. The molecule has 1 atom stereocenters. The maximum Gasteiger partial charge on any atom is 0.271 e. The Balaban J connectivity index is 1.52. The number of benzene rings is 3. The van der Waals surface area contributed by atoms with Gasteiger partial charge in [-0.2, -0.15) is 10.4 Å². The van der Waals surface area contributed by atoms with Gasteiger partial charge in [-0.25, -0.2) is 5.43 Å². The molecule has 3 aromatic rings. The second kappa shape index (κ2) is 9.36. The number of phenolic OH excluding ortho intramolecular Hbond substituents is 1. The lowest BCUT2D eigenvalue weighted by molar-refractivity contribution is 0.0955. The number of fused-ring (bicyclic) bond motifs is 1. The molecule has 0 bridgehead atoms. The highest BCUT2D eigenvalue weighted by Gasteiger charge is 2.21. The quantitative estimate of drug-likeness (QED) is 0.392. The Hall–Kier alpha value is -4.17. The van der Waals surface area contributed by atoms with Crippen molar-refractivity contribution in [3.63, 3.8) is 0 Å². The van der Waals surface area contributed by atoms with Crippen molar-refractivity contribution >= 4 is 18.2 Å². The number of allylic oxidation sites excluding steroid dienone is 1. The number of hydrogen-bond acceptors (Lipinski definition) is 4. The molecule has 4 rings (SSSR count). The monoisotopic (exact) mass is 449 g/mol. The van der Waals surface area contributed by atoms with Gasteiger partial charge >= 0.3 is 0 Å². The molecule has 0 aliphatic heterocycles. The van der Waals surface area contributed by atoms with Gasteiger partial charge in [0, 0.05) is 17.0 Å². The molecule has 5 nitrogen and oxygen atoms in total. The average molecular weight is 450 g/mol. The number of nitriles is 1. The minimum atomic E-state index is -0.450. The van der Waals surface area contributed by atoms with E-state index in [4.69, 9.17) is 5.26 Å². The van der Waals surface area contributed by atoms with E-state index in [1.165, 1.54) is 51.6 Å². The van der Waals surface area contributed by atoms with Crippen molar-refractivity contribution in [3.8, 4) is 11.8 Å². The van der Waals surface area contributed by atoms with Crippen LogP contribution in [0.2, 0.25) is 0 Å². The average Bonchev–Trinajstić information content (AvgIpc) is 3.24. The number of carbonyl (C=O) groups is 1. The normalized spacial score (nSPS) is 14.3. The minimum absolute atomic E-state index is 0.0444. The van der Waals surface area contributed by atoms with E-state index in [0.717, 1.165) is 17.5 Å². The van der Waals surface area contributed by atoms with Crippen LogP contribution in [0.3, 0.4) is 0 Å². The number of aromatic hydroxyl groups is 1. The summed E-state index contributed by atoms with van der Waals surface area (Å²) in [6.07, 6.45) is 6.97. The third kappa shape index (κ3) is 4.35. The predicted octanol–water partition coefficient (Wildman–Crippen LogP) is 5.61. The van der Waals surface area contributed by atoms with E-state index in [1.54, 1.807) is 6.21 Å². The molecule has 1 amide bonds. The van der Waals surface area contributed by atoms with E-state index >= 15 is 0 Å². The molecule has 5 heteroatoms. The van der Waals surface area contributed by atoms with Crippen LogP contribution in [-0.4, -0.2) is 17.2 Å². The Bertz CT molecular complexity index is 1370. The van der Waals surface area contributed by atoms with Crippen LogP contribution in [0.25, 0.3) is 6.08 Å². The fraction of sp³-hybridized carbons (Fsp3) is 0.207. The molecule has 170 valence electrons. The lowest BCUT2D eigenvalue weighted by atomic mass is 9.86. The van der Waals surface area contributed by atoms with Crippen molar-refractivity contribution < 1.29 is 9.90 Å². The summed E-state index contributed by atoms with van der Waals surface area (Å²) in [6, 6.07) is 14.4. The van der Waals surface area contributed by atoms with Gasteiger partial charge in [-0.05, 0) is 91.3 Å². The van der Waals surface area contributed by atoms with E-state index in [9.17, 15) is 9.90 Å². The number of nitrogens with zero attached hydrogens (tertiary/aromatic N) is 2. The molecule has 0 fully saturated rings. The summed E-state index contributed by atoms with van der Waals surface area (Å²) >= 11 is 0. The molecule has 3 aromatic carbocycles. The van der Waals surface area contributed by atoms with Gasteiger partial charge in [-0.15, -0.1) is 0 Å². The Morgan fingerprint density at radius 3 is 2.56 bits per heavy atom. The van der Waals surface area contributed by atoms with Gasteiger partial charge in [-0.1, -0.05) is 36.4 Å². The highest BCUT2D eigenvalue weighted by Crippen LogP contribution is 2.36.